The van der Waals surface area contributed by atoms with E-state index >= 15 is 0 Å². The van der Waals surface area contributed by atoms with Gasteiger partial charge in [0.2, 0.25) is 5.91 Å². The third kappa shape index (κ3) is 4.34. The molecule has 2 rings (SSSR count). The van der Waals surface area contributed by atoms with Crippen molar-refractivity contribution >= 4 is 17.7 Å². The van der Waals surface area contributed by atoms with Crippen molar-refractivity contribution in [3.63, 3.8) is 0 Å². The Bertz CT molecular complexity index is 481. The van der Waals surface area contributed by atoms with E-state index in [1.54, 1.807) is 13.2 Å². The summed E-state index contributed by atoms with van der Waals surface area (Å²) in [7, 11) is 1.61. The predicted octanol–water partition coefficient (Wildman–Crippen LogP) is -0.346. The molecule has 1 aliphatic heterocycles. The van der Waals surface area contributed by atoms with Gasteiger partial charge in [-0.3, -0.25) is 9.79 Å². The Morgan fingerprint density at radius 3 is 2.76 bits per heavy atom. The number of aliphatic imine (C=N–C) groups is 1. The molecule has 1 aromatic heterocycles. The highest BCUT2D eigenvalue weighted by Crippen LogP contribution is 2.12. The number of hydrogen-bond donors (Lipinski definition) is 2. The molecule has 2 heterocycles. The smallest absolute Gasteiger partial charge is 0.224 e. The maximum absolute atomic E-state index is 12.1. The molecule has 0 aromatic carbocycles. The summed E-state index contributed by atoms with van der Waals surface area (Å²) in [4.78, 5) is 24.3. The molecule has 1 saturated heterocycles. The minimum absolute atomic E-state index is 0.145. The first-order valence-electron chi connectivity index (χ1n) is 7.10. The van der Waals surface area contributed by atoms with E-state index in [0.717, 1.165) is 32.0 Å². The fraction of sp³-hybridized carbons (Fsp3) is 0.500. The van der Waals surface area contributed by atoms with Crippen molar-refractivity contribution in [3.05, 3.63) is 24.4 Å². The lowest BCUT2D eigenvalue weighted by molar-refractivity contribution is -0.131. The zero-order chi connectivity index (χ0) is 15.1. The second-order valence-corrected chi connectivity index (χ2v) is 4.84. The van der Waals surface area contributed by atoms with Crippen molar-refractivity contribution in [2.75, 3.05) is 44.7 Å². The van der Waals surface area contributed by atoms with Crippen molar-refractivity contribution in [3.8, 4) is 0 Å². The molecule has 21 heavy (non-hydrogen) atoms. The molecular weight excluding hydrogens is 268 g/mol. The minimum atomic E-state index is 0.145. The molecule has 114 valence electrons. The zero-order valence-corrected chi connectivity index (χ0v) is 12.3. The molecule has 1 amide bonds. The second-order valence-electron chi connectivity index (χ2n) is 4.84. The van der Waals surface area contributed by atoms with Gasteiger partial charge in [-0.15, -0.1) is 0 Å². The fourth-order valence-electron chi connectivity index (χ4n) is 2.26. The molecule has 0 saturated carbocycles. The molecule has 0 spiro atoms. The third-order valence-corrected chi connectivity index (χ3v) is 3.49. The van der Waals surface area contributed by atoms with Crippen LogP contribution in [-0.2, 0) is 4.79 Å². The van der Waals surface area contributed by atoms with Gasteiger partial charge in [0.25, 0.3) is 0 Å². The number of carbonyl (C=O) groups is 1. The highest BCUT2D eigenvalue weighted by Gasteiger charge is 2.21. The Balaban J connectivity index is 1.74. The lowest BCUT2D eigenvalue weighted by atomic mass is 10.2. The number of nitrogens with one attached hydrogen (secondary N) is 1. The van der Waals surface area contributed by atoms with Crippen LogP contribution in [0, 0.1) is 0 Å². The molecule has 1 fully saturated rings. The maximum atomic E-state index is 12.1. The Morgan fingerprint density at radius 1 is 1.38 bits per heavy atom. The van der Waals surface area contributed by atoms with Crippen LogP contribution in [0.25, 0.3) is 0 Å². The van der Waals surface area contributed by atoms with Crippen LogP contribution < -0.4 is 16.0 Å². The van der Waals surface area contributed by atoms with Gasteiger partial charge in [0.05, 0.1) is 0 Å². The summed E-state index contributed by atoms with van der Waals surface area (Å²) in [6.07, 6.45) is 2.22. The highest BCUT2D eigenvalue weighted by molar-refractivity contribution is 5.80. The van der Waals surface area contributed by atoms with E-state index in [0.29, 0.717) is 18.9 Å². The van der Waals surface area contributed by atoms with E-state index < -0.39 is 0 Å². The fourth-order valence-corrected chi connectivity index (χ4v) is 2.26. The summed E-state index contributed by atoms with van der Waals surface area (Å²) in [6, 6.07) is 5.88. The minimum Gasteiger partial charge on any atom is -0.370 e. The molecule has 1 aliphatic rings. The van der Waals surface area contributed by atoms with Crippen LogP contribution in [0.5, 0.6) is 0 Å². The predicted molar refractivity (Wildman–Crippen MR) is 83.2 cm³/mol. The molecule has 0 aliphatic carbocycles. The molecule has 0 radical (unpaired) electrons. The van der Waals surface area contributed by atoms with E-state index in [-0.39, 0.29) is 5.91 Å². The number of anilines is 1. The van der Waals surface area contributed by atoms with Gasteiger partial charge in [-0.2, -0.15) is 0 Å². The molecule has 1 aromatic rings. The molecule has 7 heteroatoms. The van der Waals surface area contributed by atoms with Crippen molar-refractivity contribution in [1.82, 2.24) is 15.2 Å². The van der Waals surface area contributed by atoms with Crippen LogP contribution in [0.1, 0.15) is 6.42 Å². The second kappa shape index (κ2) is 7.47. The van der Waals surface area contributed by atoms with Crippen molar-refractivity contribution in [2.45, 2.75) is 6.42 Å². The first-order chi connectivity index (χ1) is 10.2. The van der Waals surface area contributed by atoms with Crippen LogP contribution in [-0.4, -0.2) is 61.5 Å². The lowest BCUT2D eigenvalue weighted by Crippen LogP contribution is -2.49. The van der Waals surface area contributed by atoms with Gasteiger partial charge in [-0.1, -0.05) is 6.07 Å². The number of guanidine groups is 1. The summed E-state index contributed by atoms with van der Waals surface area (Å²) in [5.41, 5.74) is 5.52. The van der Waals surface area contributed by atoms with E-state index in [4.69, 9.17) is 5.73 Å². The first-order valence-corrected chi connectivity index (χ1v) is 7.10. The molecule has 7 nitrogen and oxygen atoms in total. The average Bonchev–Trinajstić information content (AvgIpc) is 2.55. The number of hydrogen-bond acceptors (Lipinski definition) is 4. The maximum Gasteiger partial charge on any atom is 0.224 e. The monoisotopic (exact) mass is 290 g/mol. The summed E-state index contributed by atoms with van der Waals surface area (Å²) in [5, 5.41) is 2.90. The van der Waals surface area contributed by atoms with Gasteiger partial charge in [0.15, 0.2) is 5.96 Å². The number of rotatable bonds is 4. The van der Waals surface area contributed by atoms with Crippen molar-refractivity contribution in [1.29, 1.82) is 0 Å². The van der Waals surface area contributed by atoms with Crippen molar-refractivity contribution in [2.24, 2.45) is 10.7 Å². The number of carbonyl (C=O) groups excluding carboxylic acids is 1. The topological polar surface area (TPSA) is 86.8 Å². The quantitative estimate of drug-likeness (QED) is 0.585. The molecular formula is C14H22N6O. The summed E-state index contributed by atoms with van der Waals surface area (Å²) >= 11 is 0. The first kappa shape index (κ1) is 15.1. The van der Waals surface area contributed by atoms with E-state index in [9.17, 15) is 4.79 Å². The van der Waals surface area contributed by atoms with Crippen LogP contribution in [0.2, 0.25) is 0 Å². The normalized spacial score (nSPS) is 16.0. The van der Waals surface area contributed by atoms with Crippen LogP contribution in [0.3, 0.4) is 0 Å². The van der Waals surface area contributed by atoms with E-state index in [2.05, 4.69) is 20.2 Å². The van der Waals surface area contributed by atoms with Crippen molar-refractivity contribution < 1.29 is 4.79 Å². The molecule has 0 bridgehead atoms. The highest BCUT2D eigenvalue weighted by atomic mass is 16.2. The summed E-state index contributed by atoms with van der Waals surface area (Å²) < 4.78 is 0. The largest absolute Gasteiger partial charge is 0.370 e. The Morgan fingerprint density at radius 2 is 2.14 bits per heavy atom. The van der Waals surface area contributed by atoms with Crippen LogP contribution >= 0.6 is 0 Å². The van der Waals surface area contributed by atoms with E-state index in [1.807, 2.05) is 23.1 Å². The standard InChI is InChI=1S/C14H22N6O/c1-16-14(15)18-7-5-13(21)20-10-8-19(9-11-20)12-4-2-3-6-17-12/h2-4,6H,5,7-11H2,1H3,(H3,15,16,18). The number of nitrogens with two attached hydrogens (primary N) is 1. The Kier molecular flexibility index (Phi) is 5.36. The van der Waals surface area contributed by atoms with Crippen LogP contribution in [0.15, 0.2) is 29.4 Å². The van der Waals surface area contributed by atoms with Gasteiger partial charge < -0.3 is 20.9 Å². The van der Waals surface area contributed by atoms with Crippen LogP contribution in [0.4, 0.5) is 5.82 Å². The number of nitrogens with zero attached hydrogens (tertiary/aromatic N) is 4. The van der Waals surface area contributed by atoms with Gasteiger partial charge in [0.1, 0.15) is 5.82 Å². The number of amides is 1. The van der Waals surface area contributed by atoms with Gasteiger partial charge >= 0.3 is 0 Å². The van der Waals surface area contributed by atoms with Gasteiger partial charge in [-0.05, 0) is 12.1 Å². The number of aromatic nitrogens is 1. The molecule has 0 atom stereocenters. The SMILES string of the molecule is CN=C(N)NCCC(=O)N1CCN(c2ccccn2)CC1. The summed E-state index contributed by atoms with van der Waals surface area (Å²) in [5.74, 6) is 1.48. The molecule has 3 N–H and O–H groups in total. The number of piperazine rings is 1. The van der Waals surface area contributed by atoms with Gasteiger partial charge in [0, 0.05) is 52.4 Å². The number of pyridine rings is 1. The Hall–Kier alpha value is -2.31. The molecule has 0 unspecified atom stereocenters. The Labute approximate surface area is 124 Å². The van der Waals surface area contributed by atoms with Gasteiger partial charge in [-0.25, -0.2) is 4.98 Å². The third-order valence-electron chi connectivity index (χ3n) is 3.49. The lowest BCUT2D eigenvalue weighted by Gasteiger charge is -2.35. The summed E-state index contributed by atoms with van der Waals surface area (Å²) in [6.45, 7) is 3.60. The zero-order valence-electron chi connectivity index (χ0n) is 12.3. The average molecular weight is 290 g/mol. The van der Waals surface area contributed by atoms with E-state index in [1.165, 1.54) is 0 Å².